The highest BCUT2D eigenvalue weighted by Crippen LogP contribution is 2.21. The van der Waals surface area contributed by atoms with E-state index in [0.29, 0.717) is 6.04 Å². The summed E-state index contributed by atoms with van der Waals surface area (Å²) in [6.45, 7) is 4.16. The molecule has 0 bridgehead atoms. The van der Waals surface area contributed by atoms with Crippen LogP contribution in [0.15, 0.2) is 24.3 Å². The van der Waals surface area contributed by atoms with E-state index in [0.717, 1.165) is 32.4 Å². The quantitative estimate of drug-likeness (QED) is 0.889. The standard InChI is InChI=1S/C15H21NO2/c1-12(8-9-15(17)18)16-10-4-7-13-5-2-3-6-14(13)11-16/h2-3,5-6,12H,4,7-11H2,1H3,(H,17,18). The number of rotatable bonds is 4. The molecule has 0 saturated carbocycles. The summed E-state index contributed by atoms with van der Waals surface area (Å²) in [5.41, 5.74) is 2.85. The fourth-order valence-corrected chi connectivity index (χ4v) is 2.62. The van der Waals surface area contributed by atoms with Crippen LogP contribution in [0.2, 0.25) is 0 Å². The van der Waals surface area contributed by atoms with Gasteiger partial charge in [0.05, 0.1) is 0 Å². The van der Waals surface area contributed by atoms with Crippen molar-refractivity contribution in [2.24, 2.45) is 0 Å². The number of carboxylic acids is 1. The first-order valence-corrected chi connectivity index (χ1v) is 6.69. The van der Waals surface area contributed by atoms with Crippen LogP contribution < -0.4 is 0 Å². The van der Waals surface area contributed by atoms with Gasteiger partial charge in [0.25, 0.3) is 0 Å². The summed E-state index contributed by atoms with van der Waals surface area (Å²) in [6, 6.07) is 8.93. The topological polar surface area (TPSA) is 40.5 Å². The highest BCUT2D eigenvalue weighted by Gasteiger charge is 2.19. The molecule has 1 aliphatic heterocycles. The van der Waals surface area contributed by atoms with Crippen molar-refractivity contribution in [3.05, 3.63) is 35.4 Å². The molecule has 1 heterocycles. The summed E-state index contributed by atoms with van der Waals surface area (Å²) in [6.07, 6.45) is 3.30. The molecule has 98 valence electrons. The van der Waals surface area contributed by atoms with E-state index in [4.69, 9.17) is 5.11 Å². The molecule has 1 aromatic carbocycles. The second-order valence-electron chi connectivity index (χ2n) is 5.12. The molecule has 3 nitrogen and oxygen atoms in total. The Bertz CT molecular complexity index is 417. The number of benzene rings is 1. The van der Waals surface area contributed by atoms with Crippen LogP contribution in [-0.4, -0.2) is 28.6 Å². The van der Waals surface area contributed by atoms with E-state index in [-0.39, 0.29) is 6.42 Å². The largest absolute Gasteiger partial charge is 0.481 e. The van der Waals surface area contributed by atoms with Crippen molar-refractivity contribution in [2.75, 3.05) is 6.54 Å². The third-order valence-corrected chi connectivity index (χ3v) is 3.78. The van der Waals surface area contributed by atoms with Crippen LogP contribution in [0.3, 0.4) is 0 Å². The van der Waals surface area contributed by atoms with Gasteiger partial charge >= 0.3 is 5.97 Å². The van der Waals surface area contributed by atoms with Crippen LogP contribution in [0, 0.1) is 0 Å². The first kappa shape index (κ1) is 13.1. The summed E-state index contributed by atoms with van der Waals surface area (Å²) >= 11 is 0. The predicted octanol–water partition coefficient (Wildman–Crippen LogP) is 2.69. The van der Waals surface area contributed by atoms with Gasteiger partial charge in [-0.05, 0) is 43.9 Å². The van der Waals surface area contributed by atoms with Gasteiger partial charge in [0.2, 0.25) is 0 Å². The van der Waals surface area contributed by atoms with Crippen molar-refractivity contribution >= 4 is 5.97 Å². The van der Waals surface area contributed by atoms with Gasteiger partial charge < -0.3 is 5.11 Å². The van der Waals surface area contributed by atoms with E-state index < -0.39 is 5.97 Å². The third-order valence-electron chi connectivity index (χ3n) is 3.78. The Morgan fingerprint density at radius 3 is 2.83 bits per heavy atom. The Kier molecular flexibility index (Phi) is 4.37. The Balaban J connectivity index is 2.01. The van der Waals surface area contributed by atoms with Crippen molar-refractivity contribution in [1.82, 2.24) is 4.90 Å². The van der Waals surface area contributed by atoms with Crippen molar-refractivity contribution in [3.8, 4) is 0 Å². The number of hydrogen-bond donors (Lipinski definition) is 1. The molecule has 3 heteroatoms. The molecule has 1 aliphatic rings. The molecule has 0 aromatic heterocycles. The minimum absolute atomic E-state index is 0.263. The number of carboxylic acid groups (broad SMARTS) is 1. The fraction of sp³-hybridized carbons (Fsp3) is 0.533. The number of hydrogen-bond acceptors (Lipinski definition) is 2. The van der Waals surface area contributed by atoms with E-state index in [1.807, 2.05) is 0 Å². The average Bonchev–Trinajstić information content (AvgIpc) is 2.57. The van der Waals surface area contributed by atoms with E-state index in [1.165, 1.54) is 11.1 Å². The van der Waals surface area contributed by atoms with Gasteiger partial charge in [0.15, 0.2) is 0 Å². The maximum Gasteiger partial charge on any atom is 0.303 e. The lowest BCUT2D eigenvalue weighted by Gasteiger charge is -2.27. The van der Waals surface area contributed by atoms with Crippen LogP contribution in [0.1, 0.15) is 37.3 Å². The van der Waals surface area contributed by atoms with Gasteiger partial charge in [-0.3, -0.25) is 9.69 Å². The van der Waals surface area contributed by atoms with Crippen LogP contribution in [-0.2, 0) is 17.8 Å². The fourth-order valence-electron chi connectivity index (χ4n) is 2.62. The Morgan fingerprint density at radius 2 is 2.11 bits per heavy atom. The predicted molar refractivity (Wildman–Crippen MR) is 71.5 cm³/mol. The summed E-state index contributed by atoms with van der Waals surface area (Å²) in [4.78, 5) is 13.0. The molecule has 0 aliphatic carbocycles. The summed E-state index contributed by atoms with van der Waals surface area (Å²) in [7, 11) is 0. The SMILES string of the molecule is CC(CCC(=O)O)N1CCCc2ccccc2C1. The van der Waals surface area contributed by atoms with E-state index >= 15 is 0 Å². The number of nitrogens with zero attached hydrogens (tertiary/aromatic N) is 1. The molecule has 0 fully saturated rings. The van der Waals surface area contributed by atoms with E-state index in [2.05, 4.69) is 36.1 Å². The minimum Gasteiger partial charge on any atom is -0.481 e. The molecule has 1 unspecified atom stereocenters. The van der Waals surface area contributed by atoms with Crippen LogP contribution in [0.5, 0.6) is 0 Å². The van der Waals surface area contributed by atoms with Crippen LogP contribution >= 0.6 is 0 Å². The second kappa shape index (κ2) is 6.01. The van der Waals surface area contributed by atoms with Gasteiger partial charge in [-0.1, -0.05) is 24.3 Å². The zero-order chi connectivity index (χ0) is 13.0. The average molecular weight is 247 g/mol. The van der Waals surface area contributed by atoms with E-state index in [1.54, 1.807) is 0 Å². The molecular weight excluding hydrogens is 226 g/mol. The third kappa shape index (κ3) is 3.33. The molecule has 1 N–H and O–H groups in total. The normalized spacial score (nSPS) is 17.8. The molecule has 18 heavy (non-hydrogen) atoms. The number of carbonyl (C=O) groups is 1. The molecule has 1 aromatic rings. The van der Waals surface area contributed by atoms with Gasteiger partial charge in [0, 0.05) is 19.0 Å². The molecule has 0 amide bonds. The summed E-state index contributed by atoms with van der Waals surface area (Å²) in [5.74, 6) is -0.697. The van der Waals surface area contributed by atoms with Crippen molar-refractivity contribution in [3.63, 3.8) is 0 Å². The van der Waals surface area contributed by atoms with E-state index in [9.17, 15) is 4.79 Å². The summed E-state index contributed by atoms with van der Waals surface area (Å²) < 4.78 is 0. The maximum absolute atomic E-state index is 10.6. The van der Waals surface area contributed by atoms with Crippen LogP contribution in [0.25, 0.3) is 0 Å². The zero-order valence-electron chi connectivity index (χ0n) is 10.9. The Hall–Kier alpha value is -1.35. The smallest absolute Gasteiger partial charge is 0.303 e. The molecule has 1 atom stereocenters. The van der Waals surface area contributed by atoms with Gasteiger partial charge in [-0.2, -0.15) is 0 Å². The van der Waals surface area contributed by atoms with Gasteiger partial charge in [-0.15, -0.1) is 0 Å². The number of fused-ring (bicyclic) bond motifs is 1. The van der Waals surface area contributed by atoms with Crippen molar-refractivity contribution < 1.29 is 9.90 Å². The highest BCUT2D eigenvalue weighted by molar-refractivity contribution is 5.66. The second-order valence-corrected chi connectivity index (χ2v) is 5.12. The molecule has 2 rings (SSSR count). The number of aryl methyl sites for hydroxylation is 1. The molecule has 0 saturated heterocycles. The van der Waals surface area contributed by atoms with Crippen molar-refractivity contribution in [1.29, 1.82) is 0 Å². The first-order chi connectivity index (χ1) is 8.66. The first-order valence-electron chi connectivity index (χ1n) is 6.69. The monoisotopic (exact) mass is 247 g/mol. The number of aliphatic carboxylic acids is 1. The van der Waals surface area contributed by atoms with Crippen molar-refractivity contribution in [2.45, 2.75) is 45.2 Å². The molecular formula is C15H21NO2. The zero-order valence-corrected chi connectivity index (χ0v) is 10.9. The Labute approximate surface area is 108 Å². The molecule has 0 spiro atoms. The molecule has 0 radical (unpaired) electrons. The maximum atomic E-state index is 10.6. The minimum atomic E-state index is -0.697. The highest BCUT2D eigenvalue weighted by atomic mass is 16.4. The Morgan fingerprint density at radius 1 is 1.39 bits per heavy atom. The lowest BCUT2D eigenvalue weighted by atomic mass is 10.0. The summed E-state index contributed by atoms with van der Waals surface area (Å²) in [5, 5.41) is 8.76. The van der Waals surface area contributed by atoms with Gasteiger partial charge in [-0.25, -0.2) is 0 Å². The lowest BCUT2D eigenvalue weighted by Crippen LogP contribution is -2.33. The van der Waals surface area contributed by atoms with Crippen LogP contribution in [0.4, 0.5) is 0 Å². The van der Waals surface area contributed by atoms with Gasteiger partial charge in [0.1, 0.15) is 0 Å². The lowest BCUT2D eigenvalue weighted by molar-refractivity contribution is -0.137.